The van der Waals surface area contributed by atoms with Crippen molar-refractivity contribution in [3.8, 4) is 6.07 Å². The largest absolute Gasteiger partial charge is 0.467 e. The molecule has 0 N–H and O–H groups in total. The number of nitriles is 1. The molecule has 7 nitrogen and oxygen atoms in total. The van der Waals surface area contributed by atoms with Crippen LogP contribution >= 0.6 is 11.8 Å². The Bertz CT molecular complexity index is 1180. The summed E-state index contributed by atoms with van der Waals surface area (Å²) < 4.78 is 9.73. The number of anilines is 1. The minimum absolute atomic E-state index is 0.594. The summed E-state index contributed by atoms with van der Waals surface area (Å²) in [6, 6.07) is 12.1. The lowest BCUT2D eigenvalue weighted by Crippen LogP contribution is -2.32. The van der Waals surface area contributed by atoms with Crippen molar-refractivity contribution in [2.75, 3.05) is 18.0 Å². The van der Waals surface area contributed by atoms with E-state index in [0.717, 1.165) is 46.6 Å². The minimum atomic E-state index is 0.594. The Kier molecular flexibility index (Phi) is 5.20. The zero-order valence-corrected chi connectivity index (χ0v) is 17.4. The standard InChI is InChI=1S/C22H22N6OS/c23-13-19-17(14-27-11-5-2-8-20(19)27)16-30-22-25-24-21(26-9-3-1-4-10-26)28(22)15-18-7-6-12-29-18/h2,5-8,11-12,14H,1,3-4,9-10,15-16H2. The van der Waals surface area contributed by atoms with Crippen LogP contribution in [0.5, 0.6) is 0 Å². The highest BCUT2D eigenvalue weighted by molar-refractivity contribution is 7.98. The van der Waals surface area contributed by atoms with Crippen LogP contribution in [-0.2, 0) is 12.3 Å². The van der Waals surface area contributed by atoms with Crippen molar-refractivity contribution in [3.63, 3.8) is 0 Å². The maximum Gasteiger partial charge on any atom is 0.228 e. The molecular weight excluding hydrogens is 396 g/mol. The fraction of sp³-hybridized carbons (Fsp3) is 0.318. The summed E-state index contributed by atoms with van der Waals surface area (Å²) in [5.74, 6) is 2.43. The molecule has 0 saturated carbocycles. The number of nitrogens with zero attached hydrogens (tertiary/aromatic N) is 6. The molecule has 0 spiro atoms. The smallest absolute Gasteiger partial charge is 0.228 e. The van der Waals surface area contributed by atoms with Gasteiger partial charge in [-0.1, -0.05) is 17.8 Å². The van der Waals surface area contributed by atoms with Crippen LogP contribution in [-0.4, -0.2) is 32.3 Å². The third kappa shape index (κ3) is 3.57. The lowest BCUT2D eigenvalue weighted by atomic mass is 10.1. The summed E-state index contributed by atoms with van der Waals surface area (Å²) in [7, 11) is 0. The highest BCUT2D eigenvalue weighted by Gasteiger charge is 2.22. The van der Waals surface area contributed by atoms with E-state index in [4.69, 9.17) is 4.42 Å². The zero-order valence-electron chi connectivity index (χ0n) is 16.6. The maximum atomic E-state index is 9.68. The van der Waals surface area contributed by atoms with Gasteiger partial charge in [-0.2, -0.15) is 5.26 Å². The van der Waals surface area contributed by atoms with Gasteiger partial charge in [0.15, 0.2) is 5.16 Å². The second kappa shape index (κ2) is 8.28. The summed E-state index contributed by atoms with van der Waals surface area (Å²) in [5.41, 5.74) is 2.65. The van der Waals surface area contributed by atoms with E-state index < -0.39 is 0 Å². The summed E-state index contributed by atoms with van der Waals surface area (Å²) >= 11 is 1.61. The molecule has 5 heterocycles. The monoisotopic (exact) mass is 418 g/mol. The second-order valence-electron chi connectivity index (χ2n) is 7.42. The third-order valence-electron chi connectivity index (χ3n) is 5.46. The molecule has 8 heteroatoms. The third-order valence-corrected chi connectivity index (χ3v) is 6.48. The van der Waals surface area contributed by atoms with Gasteiger partial charge in [0, 0.05) is 31.2 Å². The van der Waals surface area contributed by atoms with E-state index >= 15 is 0 Å². The summed E-state index contributed by atoms with van der Waals surface area (Å²) in [6.45, 7) is 2.60. The zero-order chi connectivity index (χ0) is 20.3. The van der Waals surface area contributed by atoms with E-state index in [-0.39, 0.29) is 0 Å². The Morgan fingerprint density at radius 3 is 2.80 bits per heavy atom. The van der Waals surface area contributed by atoms with Gasteiger partial charge in [-0.05, 0) is 49.1 Å². The van der Waals surface area contributed by atoms with E-state index in [1.807, 2.05) is 47.1 Å². The number of furan rings is 1. The molecule has 0 aromatic carbocycles. The van der Waals surface area contributed by atoms with Gasteiger partial charge >= 0.3 is 0 Å². The minimum Gasteiger partial charge on any atom is -0.467 e. The van der Waals surface area contributed by atoms with E-state index in [0.29, 0.717) is 12.3 Å². The predicted octanol–water partition coefficient (Wildman–Crippen LogP) is 4.33. The number of rotatable bonds is 6. The fourth-order valence-electron chi connectivity index (χ4n) is 3.97. The van der Waals surface area contributed by atoms with Gasteiger partial charge in [0.25, 0.3) is 0 Å². The molecule has 4 aromatic heterocycles. The summed E-state index contributed by atoms with van der Waals surface area (Å²) in [4.78, 5) is 2.32. The Morgan fingerprint density at radius 2 is 2.00 bits per heavy atom. The number of piperidine rings is 1. The van der Waals surface area contributed by atoms with Crippen LogP contribution in [0, 0.1) is 11.3 Å². The fourth-order valence-corrected chi connectivity index (χ4v) is 4.87. The molecule has 1 fully saturated rings. The lowest BCUT2D eigenvalue weighted by Gasteiger charge is -2.27. The average molecular weight is 419 g/mol. The van der Waals surface area contributed by atoms with Gasteiger partial charge in [-0.15, -0.1) is 10.2 Å². The number of fused-ring (bicyclic) bond motifs is 1. The van der Waals surface area contributed by atoms with Crippen LogP contribution in [0.1, 0.15) is 36.1 Å². The molecule has 0 bridgehead atoms. The Labute approximate surface area is 178 Å². The molecule has 152 valence electrons. The van der Waals surface area contributed by atoms with Gasteiger partial charge in [0.05, 0.1) is 23.9 Å². The number of pyridine rings is 1. The molecule has 0 unspecified atom stereocenters. The van der Waals surface area contributed by atoms with Crippen molar-refractivity contribution in [2.45, 2.75) is 36.7 Å². The molecule has 0 atom stereocenters. The Morgan fingerprint density at radius 1 is 1.10 bits per heavy atom. The highest BCUT2D eigenvalue weighted by atomic mass is 32.2. The lowest BCUT2D eigenvalue weighted by molar-refractivity contribution is 0.479. The van der Waals surface area contributed by atoms with Crippen molar-refractivity contribution in [3.05, 3.63) is 65.9 Å². The van der Waals surface area contributed by atoms with Crippen LogP contribution in [0.25, 0.3) is 5.52 Å². The molecule has 0 aliphatic carbocycles. The summed E-state index contributed by atoms with van der Waals surface area (Å²) in [6.07, 6.45) is 9.32. The first-order valence-corrected chi connectivity index (χ1v) is 11.1. The van der Waals surface area contributed by atoms with Gasteiger partial charge in [-0.25, -0.2) is 0 Å². The number of thioether (sulfide) groups is 1. The first-order chi connectivity index (χ1) is 14.8. The molecule has 0 radical (unpaired) electrons. The molecule has 5 rings (SSSR count). The van der Waals surface area contributed by atoms with Crippen LogP contribution in [0.3, 0.4) is 0 Å². The van der Waals surface area contributed by atoms with Gasteiger partial charge in [0.2, 0.25) is 5.95 Å². The average Bonchev–Trinajstić information content (AvgIpc) is 3.52. The maximum absolute atomic E-state index is 9.68. The Balaban J connectivity index is 1.44. The topological polar surface area (TPSA) is 75.3 Å². The van der Waals surface area contributed by atoms with Crippen LogP contribution in [0.4, 0.5) is 5.95 Å². The van der Waals surface area contributed by atoms with Crippen molar-refractivity contribution < 1.29 is 4.42 Å². The van der Waals surface area contributed by atoms with E-state index in [1.54, 1.807) is 18.0 Å². The highest BCUT2D eigenvalue weighted by Crippen LogP contribution is 2.30. The van der Waals surface area contributed by atoms with Crippen molar-refractivity contribution in [1.82, 2.24) is 19.2 Å². The molecule has 30 heavy (non-hydrogen) atoms. The molecule has 1 saturated heterocycles. The van der Waals surface area contributed by atoms with E-state index in [1.165, 1.54) is 19.3 Å². The molecule has 0 amide bonds. The quantitative estimate of drug-likeness (QED) is 0.434. The van der Waals surface area contributed by atoms with Gasteiger partial charge in [-0.3, -0.25) is 4.57 Å². The first-order valence-electron chi connectivity index (χ1n) is 10.2. The SMILES string of the molecule is N#Cc1c(CSc2nnc(N3CCCCC3)n2Cc2ccco2)cn2ccccc12. The van der Waals surface area contributed by atoms with Gasteiger partial charge in [0.1, 0.15) is 11.8 Å². The first kappa shape index (κ1) is 18.8. The molecular formula is C22H22N6OS. The molecule has 1 aliphatic rings. The molecule has 4 aromatic rings. The van der Waals surface area contributed by atoms with Crippen molar-refractivity contribution in [1.29, 1.82) is 5.26 Å². The van der Waals surface area contributed by atoms with Crippen molar-refractivity contribution in [2.24, 2.45) is 0 Å². The number of aromatic nitrogens is 4. The second-order valence-corrected chi connectivity index (χ2v) is 8.36. The van der Waals surface area contributed by atoms with Crippen molar-refractivity contribution >= 4 is 23.2 Å². The number of hydrogen-bond donors (Lipinski definition) is 0. The van der Waals surface area contributed by atoms with Crippen LogP contribution in [0.15, 0.2) is 58.6 Å². The normalized spacial score (nSPS) is 14.3. The van der Waals surface area contributed by atoms with E-state index in [9.17, 15) is 5.26 Å². The molecule has 1 aliphatic heterocycles. The number of hydrogen-bond acceptors (Lipinski definition) is 6. The summed E-state index contributed by atoms with van der Waals surface area (Å²) in [5, 5.41) is 19.5. The predicted molar refractivity (Wildman–Crippen MR) is 116 cm³/mol. The Hall–Kier alpha value is -3.18. The van der Waals surface area contributed by atoms with Crippen LogP contribution in [0.2, 0.25) is 0 Å². The van der Waals surface area contributed by atoms with E-state index in [2.05, 4.69) is 25.7 Å². The van der Waals surface area contributed by atoms with Gasteiger partial charge < -0.3 is 13.7 Å². The van der Waals surface area contributed by atoms with Crippen LogP contribution < -0.4 is 4.90 Å².